The van der Waals surface area contributed by atoms with Crippen LogP contribution >= 0.6 is 15.9 Å². The summed E-state index contributed by atoms with van der Waals surface area (Å²) in [6.45, 7) is 0. The highest BCUT2D eigenvalue weighted by atomic mass is 79.9. The lowest BCUT2D eigenvalue weighted by atomic mass is 10.1. The number of carbonyl (C=O) groups is 1. The Morgan fingerprint density at radius 2 is 2.16 bits per heavy atom. The van der Waals surface area contributed by atoms with Crippen LogP contribution in [-0.2, 0) is 6.42 Å². The van der Waals surface area contributed by atoms with Crippen LogP contribution in [0.3, 0.4) is 0 Å². The lowest BCUT2D eigenvalue weighted by Gasteiger charge is -1.97. The van der Waals surface area contributed by atoms with Crippen LogP contribution in [0.2, 0.25) is 0 Å². The maximum absolute atomic E-state index is 12.2. The van der Waals surface area contributed by atoms with Crippen LogP contribution in [0, 0.1) is 0 Å². The molecule has 0 bridgehead atoms. The number of ketones is 1. The molecule has 0 aliphatic rings. The summed E-state index contributed by atoms with van der Waals surface area (Å²) < 4.78 is 0.981. The van der Waals surface area contributed by atoms with Crippen molar-refractivity contribution in [3.8, 4) is 0 Å². The van der Waals surface area contributed by atoms with E-state index in [1.54, 1.807) is 18.6 Å². The molecule has 0 spiro atoms. The van der Waals surface area contributed by atoms with E-state index in [4.69, 9.17) is 0 Å². The van der Waals surface area contributed by atoms with E-state index in [9.17, 15) is 4.79 Å². The van der Waals surface area contributed by atoms with Crippen LogP contribution in [0.1, 0.15) is 16.2 Å². The van der Waals surface area contributed by atoms with E-state index >= 15 is 0 Å². The first kappa shape index (κ1) is 12.0. The molecule has 1 aromatic carbocycles. The number of aromatic amines is 1. The quantitative estimate of drug-likeness (QED) is 0.755. The molecule has 94 valence electrons. The van der Waals surface area contributed by atoms with E-state index in [-0.39, 0.29) is 12.2 Å². The first-order valence-electron chi connectivity index (χ1n) is 5.79. The zero-order valence-corrected chi connectivity index (χ0v) is 11.5. The molecule has 1 N–H and O–H groups in total. The number of hydrogen-bond donors (Lipinski definition) is 1. The van der Waals surface area contributed by atoms with E-state index in [0.29, 0.717) is 11.4 Å². The maximum atomic E-state index is 12.2. The number of carbonyl (C=O) groups excluding carboxylic acids is 1. The SMILES string of the molecule is O=C(Cc1cnccn1)c1cc2ccc(Br)cc2[nH]1. The molecule has 0 aliphatic carbocycles. The lowest BCUT2D eigenvalue weighted by molar-refractivity contribution is 0.0988. The second kappa shape index (κ2) is 4.93. The van der Waals surface area contributed by atoms with Crippen molar-refractivity contribution >= 4 is 32.6 Å². The van der Waals surface area contributed by atoms with E-state index in [2.05, 4.69) is 30.9 Å². The average molecular weight is 316 g/mol. The van der Waals surface area contributed by atoms with Gasteiger partial charge in [-0.3, -0.25) is 14.8 Å². The summed E-state index contributed by atoms with van der Waals surface area (Å²) in [5, 5.41) is 1.02. The van der Waals surface area contributed by atoms with E-state index in [1.807, 2.05) is 24.3 Å². The minimum atomic E-state index is 0.00724. The molecule has 0 unspecified atom stereocenters. The summed E-state index contributed by atoms with van der Waals surface area (Å²) in [5.74, 6) is 0.00724. The molecule has 2 aromatic heterocycles. The number of fused-ring (bicyclic) bond motifs is 1. The molecule has 3 rings (SSSR count). The van der Waals surface area contributed by atoms with Gasteiger partial charge in [0.15, 0.2) is 5.78 Å². The van der Waals surface area contributed by atoms with Gasteiger partial charge in [0.05, 0.1) is 17.8 Å². The molecule has 0 amide bonds. The second-order valence-electron chi connectivity index (χ2n) is 4.21. The van der Waals surface area contributed by atoms with Crippen molar-refractivity contribution < 1.29 is 4.79 Å². The number of nitrogens with one attached hydrogen (secondary N) is 1. The van der Waals surface area contributed by atoms with Crippen molar-refractivity contribution in [2.45, 2.75) is 6.42 Å². The predicted octanol–water partition coefficient (Wildman–Crippen LogP) is 3.15. The Bertz CT molecular complexity index is 737. The standard InChI is InChI=1S/C14H10BrN3O/c15-10-2-1-9-5-13(18-12(9)6-10)14(19)7-11-8-16-3-4-17-11/h1-6,8,18H,7H2. The minimum Gasteiger partial charge on any atom is -0.352 e. The zero-order chi connectivity index (χ0) is 13.2. The van der Waals surface area contributed by atoms with E-state index in [1.165, 1.54) is 0 Å². The first-order valence-corrected chi connectivity index (χ1v) is 6.58. The summed E-state index contributed by atoms with van der Waals surface area (Å²) >= 11 is 3.41. The third kappa shape index (κ3) is 2.56. The molecule has 2 heterocycles. The minimum absolute atomic E-state index is 0.00724. The van der Waals surface area contributed by atoms with Gasteiger partial charge in [-0.2, -0.15) is 0 Å². The van der Waals surface area contributed by atoms with Crippen molar-refractivity contribution in [3.63, 3.8) is 0 Å². The number of H-pyrrole nitrogens is 1. The van der Waals surface area contributed by atoms with Gasteiger partial charge in [0.25, 0.3) is 0 Å². The number of hydrogen-bond acceptors (Lipinski definition) is 3. The molecule has 0 saturated carbocycles. The van der Waals surface area contributed by atoms with Gasteiger partial charge in [0.1, 0.15) is 0 Å². The van der Waals surface area contributed by atoms with Crippen molar-refractivity contribution in [2.24, 2.45) is 0 Å². The topological polar surface area (TPSA) is 58.6 Å². The fourth-order valence-corrected chi connectivity index (χ4v) is 2.29. The van der Waals surface area contributed by atoms with E-state index < -0.39 is 0 Å². The highest BCUT2D eigenvalue weighted by Crippen LogP contribution is 2.20. The molecule has 5 heteroatoms. The second-order valence-corrected chi connectivity index (χ2v) is 5.13. The number of halogens is 1. The monoisotopic (exact) mass is 315 g/mol. The van der Waals surface area contributed by atoms with E-state index in [0.717, 1.165) is 15.4 Å². The number of aromatic nitrogens is 3. The maximum Gasteiger partial charge on any atom is 0.185 e. The van der Waals surface area contributed by atoms with Gasteiger partial charge in [0, 0.05) is 34.0 Å². The molecule has 0 saturated heterocycles. The van der Waals surface area contributed by atoms with Crippen molar-refractivity contribution in [3.05, 3.63) is 58.7 Å². The average Bonchev–Trinajstić information content (AvgIpc) is 2.83. The number of rotatable bonds is 3. The zero-order valence-electron chi connectivity index (χ0n) is 9.93. The number of Topliss-reactive ketones (excluding diaryl/α,β-unsaturated/α-hetero) is 1. The normalized spacial score (nSPS) is 10.8. The number of nitrogens with zero attached hydrogens (tertiary/aromatic N) is 2. The van der Waals surface area contributed by atoms with Crippen molar-refractivity contribution in [2.75, 3.05) is 0 Å². The Morgan fingerprint density at radius 3 is 2.95 bits per heavy atom. The molecular formula is C14H10BrN3O. The summed E-state index contributed by atoms with van der Waals surface area (Å²) in [7, 11) is 0. The fourth-order valence-electron chi connectivity index (χ4n) is 1.93. The van der Waals surface area contributed by atoms with Crippen molar-refractivity contribution in [1.82, 2.24) is 15.0 Å². The third-order valence-electron chi connectivity index (χ3n) is 2.84. The Balaban J connectivity index is 1.89. The summed E-state index contributed by atoms with van der Waals surface area (Å²) in [6.07, 6.45) is 5.04. The van der Waals surface area contributed by atoms with Crippen LogP contribution in [0.25, 0.3) is 10.9 Å². The lowest BCUT2D eigenvalue weighted by Crippen LogP contribution is -2.05. The molecular weight excluding hydrogens is 306 g/mol. The summed E-state index contributed by atoms with van der Waals surface area (Å²) in [5.41, 5.74) is 2.21. The largest absolute Gasteiger partial charge is 0.352 e. The van der Waals surface area contributed by atoms with Gasteiger partial charge in [-0.05, 0) is 18.2 Å². The summed E-state index contributed by atoms with van der Waals surface area (Å²) in [4.78, 5) is 23.3. The third-order valence-corrected chi connectivity index (χ3v) is 3.34. The first-order chi connectivity index (χ1) is 9.22. The van der Waals surface area contributed by atoms with Crippen molar-refractivity contribution in [1.29, 1.82) is 0 Å². The highest BCUT2D eigenvalue weighted by molar-refractivity contribution is 9.10. The Hall–Kier alpha value is -2.01. The molecule has 4 nitrogen and oxygen atoms in total. The summed E-state index contributed by atoms with van der Waals surface area (Å²) in [6, 6.07) is 7.73. The van der Waals surface area contributed by atoms with Gasteiger partial charge >= 0.3 is 0 Å². The smallest absolute Gasteiger partial charge is 0.185 e. The van der Waals surface area contributed by atoms with Crippen LogP contribution in [-0.4, -0.2) is 20.7 Å². The van der Waals surface area contributed by atoms with Crippen LogP contribution < -0.4 is 0 Å². The molecule has 3 aromatic rings. The van der Waals surface area contributed by atoms with Crippen LogP contribution in [0.4, 0.5) is 0 Å². The molecule has 0 radical (unpaired) electrons. The van der Waals surface area contributed by atoms with Gasteiger partial charge in [0.2, 0.25) is 0 Å². The van der Waals surface area contributed by atoms with Gasteiger partial charge in [-0.25, -0.2) is 0 Å². The Morgan fingerprint density at radius 1 is 1.26 bits per heavy atom. The van der Waals surface area contributed by atoms with Crippen LogP contribution in [0.5, 0.6) is 0 Å². The fraction of sp³-hybridized carbons (Fsp3) is 0.0714. The molecule has 0 fully saturated rings. The predicted molar refractivity (Wildman–Crippen MR) is 76.1 cm³/mol. The molecule has 19 heavy (non-hydrogen) atoms. The van der Waals surface area contributed by atoms with Gasteiger partial charge in [-0.1, -0.05) is 22.0 Å². The highest BCUT2D eigenvalue weighted by Gasteiger charge is 2.11. The number of benzene rings is 1. The molecule has 0 aliphatic heterocycles. The van der Waals surface area contributed by atoms with Gasteiger partial charge in [-0.15, -0.1) is 0 Å². The Kier molecular flexibility index (Phi) is 3.13. The van der Waals surface area contributed by atoms with Gasteiger partial charge < -0.3 is 4.98 Å². The van der Waals surface area contributed by atoms with Crippen LogP contribution in [0.15, 0.2) is 47.3 Å². The Labute approximate surface area is 118 Å². The molecule has 0 atom stereocenters.